The number of para-hydroxylation sites is 4. The molecule has 20 nitrogen and oxygen atoms in total. The Morgan fingerprint density at radius 1 is 0.478 bits per heavy atom. The molecule has 12 aromatic rings. The van der Waals surface area contributed by atoms with Gasteiger partial charge in [0.25, 0.3) is 0 Å². The molecule has 12 rings (SSSR count). The maximum Gasteiger partial charge on any atom is 0.328 e. The molecular formula is C68H56Br2F2N12O8. The second kappa shape index (κ2) is 29.3. The lowest BCUT2D eigenvalue weighted by Crippen LogP contribution is -2.33. The van der Waals surface area contributed by atoms with E-state index in [0.717, 1.165) is 44.5 Å². The molecule has 0 amide bonds. The van der Waals surface area contributed by atoms with Crippen LogP contribution in [0.3, 0.4) is 0 Å². The first kappa shape index (κ1) is 62.9. The number of halogens is 4. The average molecular weight is 1370 g/mol. The van der Waals surface area contributed by atoms with Crippen LogP contribution in [0.15, 0.2) is 204 Å². The SMILES string of the molecule is COC(=O)[C@@H](Cc1ccccc1OCc1ccnc(-c2ccccc2OC)n1)Nc1ncnn2cc(-c3ccc(F)cc3)c(Br)c12.COC(=O)[C@H](Cc1ccccc1OCc1ccnc(-c2ccccc2OC)n1)Nc1ncnn2cc(-c3ccc(F)cc3)c(Br)c12. The molecule has 2 N–H and O–H groups in total. The van der Waals surface area contributed by atoms with Crippen LogP contribution in [0.5, 0.6) is 23.0 Å². The molecule has 0 aliphatic heterocycles. The number of nitrogens with zero attached hydrogens (tertiary/aromatic N) is 10. The van der Waals surface area contributed by atoms with Crippen LogP contribution in [0.2, 0.25) is 0 Å². The summed E-state index contributed by atoms with van der Waals surface area (Å²) in [5, 5.41) is 15.2. The Bertz CT molecular complexity index is 4290. The highest BCUT2D eigenvalue weighted by molar-refractivity contribution is 9.11. The van der Waals surface area contributed by atoms with Crippen LogP contribution in [0.1, 0.15) is 22.5 Å². The monoisotopic (exact) mass is 1360 g/mol. The number of esters is 2. The highest BCUT2D eigenvalue weighted by atomic mass is 79.9. The number of nitrogens with one attached hydrogen (secondary N) is 2. The standard InChI is InChI=1S/2C34H28BrFN6O4/c2*1-44-29-10-6-4-8-25(29)32-37-16-15-24(40-32)19-46-28-9-5-3-7-22(28)17-27(34(43)45-2)41-33-31-30(35)26(18-42(31)39-20-38-33)21-11-13-23(36)14-12-21/h2*3-16,18,20,27H,17,19H2,1-2H3,(H,38,39,41)/t2*27-/m10/s1. The van der Waals surface area contributed by atoms with Crippen LogP contribution >= 0.6 is 31.9 Å². The van der Waals surface area contributed by atoms with Crippen molar-refractivity contribution in [3.05, 3.63) is 238 Å². The van der Waals surface area contributed by atoms with E-state index in [9.17, 15) is 18.4 Å². The lowest BCUT2D eigenvalue weighted by molar-refractivity contribution is -0.142. The number of anilines is 2. The number of aromatic nitrogens is 10. The van der Waals surface area contributed by atoms with E-state index < -0.39 is 24.0 Å². The summed E-state index contributed by atoms with van der Waals surface area (Å²) >= 11 is 7.33. The first-order chi connectivity index (χ1) is 44.9. The molecule has 0 saturated heterocycles. The van der Waals surface area contributed by atoms with Crippen molar-refractivity contribution in [2.75, 3.05) is 39.1 Å². The third kappa shape index (κ3) is 14.5. The topological polar surface area (TPSA) is 226 Å². The number of carbonyl (C=O) groups excluding carboxylic acids is 2. The van der Waals surface area contributed by atoms with Crippen LogP contribution in [-0.2, 0) is 45.1 Å². The molecule has 0 aliphatic rings. The molecule has 6 aromatic carbocycles. The van der Waals surface area contributed by atoms with E-state index in [0.29, 0.717) is 77.6 Å². The molecule has 0 radical (unpaired) electrons. The van der Waals surface area contributed by atoms with Crippen molar-refractivity contribution in [2.24, 2.45) is 0 Å². The summed E-state index contributed by atoms with van der Waals surface area (Å²) in [4.78, 5) is 53.2. The molecule has 0 aliphatic carbocycles. The third-order valence-electron chi connectivity index (χ3n) is 14.6. The van der Waals surface area contributed by atoms with Crippen molar-refractivity contribution in [3.63, 3.8) is 0 Å². The Balaban J connectivity index is 0.000000188. The number of rotatable bonds is 22. The van der Waals surface area contributed by atoms with Crippen LogP contribution in [0, 0.1) is 11.6 Å². The number of hydrogen-bond acceptors (Lipinski definition) is 18. The molecule has 6 heterocycles. The second-order valence-electron chi connectivity index (χ2n) is 20.3. The van der Waals surface area contributed by atoms with E-state index in [2.05, 4.69) is 82.6 Å². The maximum atomic E-state index is 13.6. The van der Waals surface area contributed by atoms with E-state index in [1.807, 2.05) is 109 Å². The highest BCUT2D eigenvalue weighted by Crippen LogP contribution is 2.39. The number of carbonyl (C=O) groups is 2. The van der Waals surface area contributed by atoms with E-state index >= 15 is 0 Å². The Hall–Kier alpha value is -10.7. The molecule has 6 aromatic heterocycles. The van der Waals surface area contributed by atoms with Crippen LogP contribution in [0.4, 0.5) is 20.4 Å². The average Bonchev–Trinajstić information content (AvgIpc) is 1.75. The minimum atomic E-state index is -0.819. The van der Waals surface area contributed by atoms with Crippen molar-refractivity contribution in [3.8, 4) is 68.0 Å². The summed E-state index contributed by atoms with van der Waals surface area (Å²) in [6.07, 6.45) is 10.2. The van der Waals surface area contributed by atoms with Crippen molar-refractivity contribution in [1.82, 2.24) is 49.1 Å². The Kier molecular flexibility index (Phi) is 20.0. The summed E-state index contributed by atoms with van der Waals surface area (Å²) in [5.41, 5.74) is 8.81. The number of hydrogen-bond donors (Lipinski definition) is 2. The molecule has 0 saturated carbocycles. The predicted molar refractivity (Wildman–Crippen MR) is 348 cm³/mol. The molecular weight excluding hydrogens is 1310 g/mol. The smallest absolute Gasteiger partial charge is 0.328 e. The number of ether oxygens (including phenoxy) is 6. The van der Waals surface area contributed by atoms with Gasteiger partial charge in [0.1, 0.15) is 83.6 Å². The van der Waals surface area contributed by atoms with E-state index in [4.69, 9.17) is 28.4 Å². The molecule has 0 fully saturated rings. The molecule has 0 unspecified atom stereocenters. The fraction of sp³-hybridized carbons (Fsp3) is 0.147. The molecule has 92 heavy (non-hydrogen) atoms. The molecule has 464 valence electrons. The van der Waals surface area contributed by atoms with Crippen molar-refractivity contribution >= 4 is 66.5 Å². The number of methoxy groups -OCH3 is 4. The van der Waals surface area contributed by atoms with Crippen LogP contribution in [-0.4, -0.2) is 102 Å². The maximum absolute atomic E-state index is 13.6. The highest BCUT2D eigenvalue weighted by Gasteiger charge is 2.27. The molecule has 24 heteroatoms. The quantitative estimate of drug-likeness (QED) is 0.0602. The van der Waals surface area contributed by atoms with Gasteiger partial charge in [-0.25, -0.2) is 57.3 Å². The Morgan fingerprint density at radius 3 is 1.25 bits per heavy atom. The van der Waals surface area contributed by atoms with Gasteiger partial charge < -0.3 is 39.1 Å². The van der Waals surface area contributed by atoms with Gasteiger partial charge in [0.2, 0.25) is 0 Å². The van der Waals surface area contributed by atoms with Crippen molar-refractivity contribution < 1.29 is 46.8 Å². The fourth-order valence-corrected chi connectivity index (χ4v) is 11.5. The van der Waals surface area contributed by atoms with Gasteiger partial charge in [-0.05, 0) is 127 Å². The minimum Gasteiger partial charge on any atom is -0.496 e. The fourth-order valence-electron chi connectivity index (χ4n) is 10.1. The van der Waals surface area contributed by atoms with E-state index in [1.165, 1.54) is 51.1 Å². The summed E-state index contributed by atoms with van der Waals surface area (Å²) in [6.45, 7) is 0.349. The minimum absolute atomic E-state index is 0.174. The van der Waals surface area contributed by atoms with Gasteiger partial charge in [0, 0.05) is 48.8 Å². The van der Waals surface area contributed by atoms with Crippen LogP contribution < -0.4 is 29.6 Å². The Labute approximate surface area is 542 Å². The van der Waals surface area contributed by atoms with Gasteiger partial charge in [-0.3, -0.25) is 0 Å². The first-order valence-electron chi connectivity index (χ1n) is 28.5. The lowest BCUT2D eigenvalue weighted by atomic mass is 10.0. The molecule has 2 atom stereocenters. The zero-order valence-electron chi connectivity index (χ0n) is 49.7. The van der Waals surface area contributed by atoms with Gasteiger partial charge >= 0.3 is 11.9 Å². The molecule has 0 bridgehead atoms. The number of benzene rings is 6. The summed E-state index contributed by atoms with van der Waals surface area (Å²) in [5.74, 6) is 2.78. The van der Waals surface area contributed by atoms with E-state index in [-0.39, 0.29) is 37.7 Å². The second-order valence-corrected chi connectivity index (χ2v) is 21.9. The van der Waals surface area contributed by atoms with E-state index in [1.54, 1.807) is 72.0 Å². The van der Waals surface area contributed by atoms with Crippen LogP contribution in [0.25, 0.3) is 56.1 Å². The summed E-state index contributed by atoms with van der Waals surface area (Å²) in [7, 11) is 5.89. The summed E-state index contributed by atoms with van der Waals surface area (Å²) < 4.78 is 65.5. The Morgan fingerprint density at radius 2 is 0.859 bits per heavy atom. The third-order valence-corrected chi connectivity index (χ3v) is 16.2. The zero-order chi connectivity index (χ0) is 64.1. The normalized spacial score (nSPS) is 11.7. The van der Waals surface area contributed by atoms with Crippen molar-refractivity contribution in [1.29, 1.82) is 0 Å². The number of fused-ring (bicyclic) bond motifs is 2. The van der Waals surface area contributed by atoms with Gasteiger partial charge in [0.05, 0.1) is 59.9 Å². The molecule has 0 spiro atoms. The summed E-state index contributed by atoms with van der Waals surface area (Å²) in [6, 6.07) is 44.3. The zero-order valence-corrected chi connectivity index (χ0v) is 52.9. The van der Waals surface area contributed by atoms with Crippen molar-refractivity contribution in [2.45, 2.75) is 38.1 Å². The predicted octanol–water partition coefficient (Wildman–Crippen LogP) is 13.1. The van der Waals surface area contributed by atoms with Gasteiger partial charge in [0.15, 0.2) is 23.3 Å². The first-order valence-corrected chi connectivity index (χ1v) is 30.0. The van der Waals surface area contributed by atoms with Gasteiger partial charge in [-0.2, -0.15) is 10.2 Å². The lowest BCUT2D eigenvalue weighted by Gasteiger charge is -2.19. The van der Waals surface area contributed by atoms with Gasteiger partial charge in [-0.1, -0.05) is 84.9 Å². The largest absolute Gasteiger partial charge is 0.496 e. The van der Waals surface area contributed by atoms with Gasteiger partial charge in [-0.15, -0.1) is 0 Å².